The second-order valence-electron chi connectivity index (χ2n) is 8.29. The van der Waals surface area contributed by atoms with Gasteiger partial charge in [-0.25, -0.2) is 4.98 Å². The number of benzene rings is 1. The molecule has 2 aromatic rings. The Hall–Kier alpha value is -1.69. The summed E-state index contributed by atoms with van der Waals surface area (Å²) in [4.78, 5) is 6.82. The van der Waals surface area contributed by atoms with Gasteiger partial charge in [-0.2, -0.15) is 0 Å². The predicted molar refractivity (Wildman–Crippen MR) is 104 cm³/mol. The number of rotatable bonds is 4. The Morgan fingerprint density at radius 1 is 1.15 bits per heavy atom. The molecule has 144 valence electrons. The van der Waals surface area contributed by atoms with Crippen LogP contribution in [0.15, 0.2) is 36.8 Å². The molecule has 27 heavy (non-hydrogen) atoms. The lowest BCUT2D eigenvalue weighted by Gasteiger charge is -2.40. The van der Waals surface area contributed by atoms with Gasteiger partial charge in [0, 0.05) is 25.3 Å². The maximum Gasteiger partial charge on any atom is 0.110 e. The Morgan fingerprint density at radius 3 is 2.81 bits per heavy atom. The van der Waals surface area contributed by atoms with Crippen molar-refractivity contribution >= 4 is 0 Å². The first-order valence-electron chi connectivity index (χ1n) is 10.5. The zero-order valence-electron chi connectivity index (χ0n) is 15.8. The van der Waals surface area contributed by atoms with Gasteiger partial charge in [0.2, 0.25) is 0 Å². The molecule has 4 heterocycles. The largest absolute Gasteiger partial charge is 0.393 e. The van der Waals surface area contributed by atoms with Crippen LogP contribution in [0, 0.1) is 5.92 Å². The van der Waals surface area contributed by atoms with Crippen molar-refractivity contribution in [1.29, 1.82) is 0 Å². The van der Waals surface area contributed by atoms with Crippen LogP contribution in [0.2, 0.25) is 0 Å². The lowest BCUT2D eigenvalue weighted by molar-refractivity contribution is -0.102. The molecule has 2 saturated heterocycles. The van der Waals surface area contributed by atoms with Gasteiger partial charge in [-0.15, -0.1) is 0 Å². The maximum absolute atomic E-state index is 11.0. The zero-order valence-corrected chi connectivity index (χ0v) is 15.8. The minimum Gasteiger partial charge on any atom is -0.393 e. The van der Waals surface area contributed by atoms with Crippen LogP contribution >= 0.6 is 0 Å². The molecule has 0 amide bonds. The van der Waals surface area contributed by atoms with Crippen molar-refractivity contribution in [3.05, 3.63) is 42.4 Å². The Kier molecular flexibility index (Phi) is 4.76. The normalized spacial score (nSPS) is 27.3. The number of hydrogen-bond donors (Lipinski definition) is 1. The van der Waals surface area contributed by atoms with Crippen LogP contribution in [-0.4, -0.2) is 51.6 Å². The van der Waals surface area contributed by atoms with Crippen molar-refractivity contribution in [2.24, 2.45) is 5.92 Å². The van der Waals surface area contributed by atoms with Gasteiger partial charge in [-0.3, -0.25) is 4.90 Å². The van der Waals surface area contributed by atoms with E-state index in [-0.39, 0.29) is 12.1 Å². The monoisotopic (exact) mass is 367 g/mol. The highest BCUT2D eigenvalue weighted by molar-refractivity contribution is 5.68. The molecule has 0 spiro atoms. The molecular weight excluding hydrogens is 338 g/mol. The van der Waals surface area contributed by atoms with E-state index >= 15 is 0 Å². The van der Waals surface area contributed by atoms with Gasteiger partial charge in [-0.1, -0.05) is 24.3 Å². The molecule has 3 atom stereocenters. The number of aliphatic hydroxyl groups is 1. The van der Waals surface area contributed by atoms with Crippen molar-refractivity contribution in [3.8, 4) is 11.3 Å². The maximum atomic E-state index is 11.0. The molecule has 5 rings (SSSR count). The standard InChI is InChI=1S/C22H29N3O2/c26-21(16-8-10-24(11-9-16)22-7-3-4-12-27-22)13-19-17-5-1-2-6-18(17)20-14-23-15-25(19)20/h1-2,5-6,14-16,19,21-22,26H,3-4,7-13H2/t19-,21+,22?/m0/s1. The van der Waals surface area contributed by atoms with E-state index in [1.807, 2.05) is 12.5 Å². The summed E-state index contributed by atoms with van der Waals surface area (Å²) in [6, 6.07) is 8.74. The number of nitrogens with zero attached hydrogens (tertiary/aromatic N) is 3. The molecule has 0 bridgehead atoms. The Bertz CT molecular complexity index is 775. The molecule has 2 fully saturated rings. The molecule has 0 radical (unpaired) electrons. The van der Waals surface area contributed by atoms with Crippen molar-refractivity contribution in [1.82, 2.24) is 14.5 Å². The van der Waals surface area contributed by atoms with Crippen LogP contribution < -0.4 is 0 Å². The Balaban J connectivity index is 1.23. The molecule has 1 aromatic heterocycles. The van der Waals surface area contributed by atoms with E-state index in [1.54, 1.807) is 0 Å². The van der Waals surface area contributed by atoms with Gasteiger partial charge >= 0.3 is 0 Å². The second kappa shape index (κ2) is 7.38. The molecular formula is C22H29N3O2. The number of likely N-dealkylation sites (tertiary alicyclic amines) is 1. The van der Waals surface area contributed by atoms with Gasteiger partial charge in [0.05, 0.1) is 30.4 Å². The van der Waals surface area contributed by atoms with Crippen molar-refractivity contribution in [3.63, 3.8) is 0 Å². The molecule has 0 aliphatic carbocycles. The number of aliphatic hydroxyl groups excluding tert-OH is 1. The van der Waals surface area contributed by atoms with Crippen LogP contribution in [0.4, 0.5) is 0 Å². The fourth-order valence-corrected chi connectivity index (χ4v) is 5.20. The van der Waals surface area contributed by atoms with Gasteiger partial charge < -0.3 is 14.4 Å². The Labute approximate surface area is 161 Å². The molecule has 1 unspecified atom stereocenters. The highest BCUT2D eigenvalue weighted by Crippen LogP contribution is 2.42. The Morgan fingerprint density at radius 2 is 2.00 bits per heavy atom. The van der Waals surface area contributed by atoms with Crippen LogP contribution in [0.5, 0.6) is 0 Å². The fraction of sp³-hybridized carbons (Fsp3) is 0.591. The zero-order chi connectivity index (χ0) is 18.2. The summed E-state index contributed by atoms with van der Waals surface area (Å²) in [6.07, 6.45) is 10.4. The molecule has 1 aromatic carbocycles. The van der Waals surface area contributed by atoms with E-state index < -0.39 is 0 Å². The first kappa shape index (κ1) is 17.4. The summed E-state index contributed by atoms with van der Waals surface area (Å²) in [5, 5.41) is 11.0. The summed E-state index contributed by atoms with van der Waals surface area (Å²) >= 11 is 0. The summed E-state index contributed by atoms with van der Waals surface area (Å²) in [5.74, 6) is 0.379. The SMILES string of the molecule is O[C@H](C[C@H]1c2ccccc2-c2cncn21)C1CCN(C2CCCCO2)CC1. The smallest absolute Gasteiger partial charge is 0.110 e. The topological polar surface area (TPSA) is 50.5 Å². The minimum absolute atomic E-state index is 0.202. The summed E-state index contributed by atoms with van der Waals surface area (Å²) < 4.78 is 8.18. The van der Waals surface area contributed by atoms with Gasteiger partial charge in [0.1, 0.15) is 6.23 Å². The molecule has 1 N–H and O–H groups in total. The van der Waals surface area contributed by atoms with E-state index in [1.165, 1.54) is 29.7 Å². The molecule has 3 aliphatic heterocycles. The van der Waals surface area contributed by atoms with E-state index in [2.05, 4.69) is 38.7 Å². The first-order valence-corrected chi connectivity index (χ1v) is 10.5. The van der Waals surface area contributed by atoms with Crippen LogP contribution in [0.1, 0.15) is 50.1 Å². The average Bonchev–Trinajstić information content (AvgIpc) is 3.32. The number of ether oxygens (including phenoxy) is 1. The van der Waals surface area contributed by atoms with Gasteiger partial charge in [-0.05, 0) is 50.0 Å². The second-order valence-corrected chi connectivity index (χ2v) is 8.29. The molecule has 0 saturated carbocycles. The van der Waals surface area contributed by atoms with E-state index in [4.69, 9.17) is 4.74 Å². The highest BCUT2D eigenvalue weighted by atomic mass is 16.5. The molecule has 5 heteroatoms. The quantitative estimate of drug-likeness (QED) is 0.899. The number of hydrogen-bond acceptors (Lipinski definition) is 4. The van der Waals surface area contributed by atoms with Crippen molar-refractivity contribution in [2.45, 2.75) is 56.9 Å². The van der Waals surface area contributed by atoms with E-state index in [9.17, 15) is 5.11 Å². The average molecular weight is 367 g/mol. The van der Waals surface area contributed by atoms with Gasteiger partial charge in [0.15, 0.2) is 0 Å². The first-order chi connectivity index (χ1) is 13.3. The fourth-order valence-electron chi connectivity index (χ4n) is 5.20. The van der Waals surface area contributed by atoms with Crippen LogP contribution in [0.25, 0.3) is 11.3 Å². The third kappa shape index (κ3) is 3.22. The summed E-state index contributed by atoms with van der Waals surface area (Å²) in [6.45, 7) is 3.00. The number of piperidine rings is 1. The van der Waals surface area contributed by atoms with Crippen molar-refractivity contribution < 1.29 is 9.84 Å². The van der Waals surface area contributed by atoms with Crippen molar-refractivity contribution in [2.75, 3.05) is 19.7 Å². The highest BCUT2D eigenvalue weighted by Gasteiger charge is 2.34. The number of imidazole rings is 1. The van der Waals surface area contributed by atoms with Gasteiger partial charge in [0.25, 0.3) is 0 Å². The lowest BCUT2D eigenvalue weighted by Crippen LogP contribution is -2.46. The van der Waals surface area contributed by atoms with Crippen LogP contribution in [-0.2, 0) is 4.74 Å². The van der Waals surface area contributed by atoms with E-state index in [0.717, 1.165) is 45.4 Å². The molecule has 5 nitrogen and oxygen atoms in total. The predicted octanol–water partition coefficient (Wildman–Crippen LogP) is 3.44. The van der Waals surface area contributed by atoms with Crippen LogP contribution in [0.3, 0.4) is 0 Å². The lowest BCUT2D eigenvalue weighted by atomic mass is 9.86. The van der Waals surface area contributed by atoms with E-state index in [0.29, 0.717) is 12.1 Å². The summed E-state index contributed by atoms with van der Waals surface area (Å²) in [7, 11) is 0. The number of aromatic nitrogens is 2. The summed E-state index contributed by atoms with van der Waals surface area (Å²) in [5.41, 5.74) is 3.76. The molecule has 3 aliphatic rings. The third-order valence-electron chi connectivity index (χ3n) is 6.74. The minimum atomic E-state index is -0.272. The third-order valence-corrected chi connectivity index (χ3v) is 6.74. The number of fused-ring (bicyclic) bond motifs is 3.